The smallest absolute Gasteiger partial charge is 0.260 e. The lowest BCUT2D eigenvalue weighted by Gasteiger charge is -2.16. The molecule has 0 aliphatic carbocycles. The van der Waals surface area contributed by atoms with Crippen molar-refractivity contribution in [2.75, 3.05) is 6.54 Å². The number of likely N-dealkylation sites (N-methyl/N-ethyl adjacent to an activating group) is 1. The number of rotatable bonds is 5. The third-order valence-corrected chi connectivity index (χ3v) is 2.94. The van der Waals surface area contributed by atoms with Crippen molar-refractivity contribution >= 4 is 39.0 Å². The lowest BCUT2D eigenvalue weighted by Crippen LogP contribution is -2.36. The average molecular weight is 331 g/mol. The van der Waals surface area contributed by atoms with Gasteiger partial charge in [-0.3, -0.25) is 4.79 Å². The number of thiocarbonyl (C=S) groups is 1. The fraction of sp³-hybridized carbons (Fsp3) is 0.333. The molecular weight excluding hydrogens is 316 g/mol. The minimum Gasteiger partial charge on any atom is -0.480 e. The maximum absolute atomic E-state index is 11.6. The summed E-state index contributed by atoms with van der Waals surface area (Å²) >= 11 is 8.29. The normalized spacial score (nSPS) is 11.7. The van der Waals surface area contributed by atoms with Gasteiger partial charge in [0.15, 0.2) is 6.10 Å². The summed E-state index contributed by atoms with van der Waals surface area (Å²) in [5, 5.41) is 2.69. The molecule has 6 heteroatoms. The van der Waals surface area contributed by atoms with Crippen molar-refractivity contribution in [3.05, 3.63) is 28.2 Å². The predicted octanol–water partition coefficient (Wildman–Crippen LogP) is 1.99. The van der Waals surface area contributed by atoms with E-state index in [1.165, 1.54) is 0 Å². The Bertz CT molecular complexity index is 465. The second-order valence-corrected chi connectivity index (χ2v) is 5.01. The molecule has 1 amide bonds. The topological polar surface area (TPSA) is 64.3 Å². The number of halogens is 1. The number of nitrogens with two attached hydrogens (primary N) is 1. The van der Waals surface area contributed by atoms with Crippen LogP contribution in [0.15, 0.2) is 22.7 Å². The van der Waals surface area contributed by atoms with Gasteiger partial charge in [0.1, 0.15) is 10.7 Å². The first-order valence-electron chi connectivity index (χ1n) is 5.49. The summed E-state index contributed by atoms with van der Waals surface area (Å²) in [6, 6.07) is 5.30. The molecule has 0 saturated heterocycles. The molecule has 1 unspecified atom stereocenters. The van der Waals surface area contributed by atoms with Crippen molar-refractivity contribution in [1.82, 2.24) is 5.32 Å². The average Bonchev–Trinajstić information content (AvgIpc) is 2.31. The van der Waals surface area contributed by atoms with E-state index < -0.39 is 6.10 Å². The molecule has 1 aromatic carbocycles. The number of hydrogen-bond donors (Lipinski definition) is 2. The van der Waals surface area contributed by atoms with Crippen molar-refractivity contribution < 1.29 is 9.53 Å². The molecule has 18 heavy (non-hydrogen) atoms. The largest absolute Gasteiger partial charge is 0.480 e. The Hall–Kier alpha value is -1.14. The molecule has 1 aromatic rings. The Kier molecular flexibility index (Phi) is 5.55. The van der Waals surface area contributed by atoms with Gasteiger partial charge < -0.3 is 15.8 Å². The molecule has 0 radical (unpaired) electrons. The van der Waals surface area contributed by atoms with Gasteiger partial charge >= 0.3 is 0 Å². The molecule has 98 valence electrons. The molecule has 1 rings (SSSR count). The molecule has 0 heterocycles. The van der Waals surface area contributed by atoms with Gasteiger partial charge in [-0.1, -0.05) is 28.1 Å². The summed E-state index contributed by atoms with van der Waals surface area (Å²) in [6.45, 7) is 4.09. The van der Waals surface area contributed by atoms with E-state index in [9.17, 15) is 4.79 Å². The third-order valence-electron chi connectivity index (χ3n) is 2.23. The molecule has 0 aliphatic rings. The maximum atomic E-state index is 11.6. The Morgan fingerprint density at radius 2 is 2.28 bits per heavy atom. The fourth-order valence-corrected chi connectivity index (χ4v) is 1.88. The number of nitrogens with one attached hydrogen (secondary N) is 1. The Balaban J connectivity index is 2.90. The summed E-state index contributed by atoms with van der Waals surface area (Å²) in [5.41, 5.74) is 6.23. The van der Waals surface area contributed by atoms with E-state index in [0.717, 1.165) is 4.47 Å². The molecule has 0 aliphatic heterocycles. The Morgan fingerprint density at radius 3 is 2.83 bits per heavy atom. The molecule has 0 fully saturated rings. The van der Waals surface area contributed by atoms with Crippen LogP contribution in [0.3, 0.4) is 0 Å². The van der Waals surface area contributed by atoms with Crippen molar-refractivity contribution in [3.63, 3.8) is 0 Å². The highest BCUT2D eigenvalue weighted by Crippen LogP contribution is 2.24. The minimum absolute atomic E-state index is 0.172. The number of hydrogen-bond acceptors (Lipinski definition) is 3. The maximum Gasteiger partial charge on any atom is 0.260 e. The Labute approximate surface area is 120 Å². The van der Waals surface area contributed by atoms with Crippen LogP contribution in [0.25, 0.3) is 0 Å². The summed E-state index contributed by atoms with van der Waals surface area (Å²) in [4.78, 5) is 11.8. The van der Waals surface area contributed by atoms with Crippen molar-refractivity contribution in [1.29, 1.82) is 0 Å². The van der Waals surface area contributed by atoms with E-state index in [2.05, 4.69) is 21.2 Å². The lowest BCUT2D eigenvalue weighted by molar-refractivity contribution is -0.127. The first kappa shape index (κ1) is 14.9. The van der Waals surface area contributed by atoms with Gasteiger partial charge in [0, 0.05) is 11.0 Å². The summed E-state index contributed by atoms with van der Waals surface area (Å²) in [5.74, 6) is 0.332. The van der Waals surface area contributed by atoms with E-state index in [-0.39, 0.29) is 10.9 Å². The predicted molar refractivity (Wildman–Crippen MR) is 78.8 cm³/mol. The van der Waals surface area contributed by atoms with E-state index in [1.807, 2.05) is 13.0 Å². The Morgan fingerprint density at radius 1 is 1.61 bits per heavy atom. The van der Waals surface area contributed by atoms with Gasteiger partial charge in [-0.2, -0.15) is 0 Å². The molecule has 0 saturated carbocycles. The molecule has 3 N–H and O–H groups in total. The second kappa shape index (κ2) is 6.70. The highest BCUT2D eigenvalue weighted by atomic mass is 79.9. The van der Waals surface area contributed by atoms with E-state index in [0.29, 0.717) is 17.9 Å². The van der Waals surface area contributed by atoms with Crippen LogP contribution in [0.2, 0.25) is 0 Å². The first-order valence-corrected chi connectivity index (χ1v) is 6.69. The number of amides is 1. The molecule has 1 atom stereocenters. The summed E-state index contributed by atoms with van der Waals surface area (Å²) in [7, 11) is 0. The minimum atomic E-state index is -0.598. The number of carbonyl (C=O) groups excluding carboxylic acids is 1. The summed E-state index contributed by atoms with van der Waals surface area (Å²) in [6.07, 6.45) is -0.598. The van der Waals surface area contributed by atoms with Crippen molar-refractivity contribution in [3.8, 4) is 5.75 Å². The van der Waals surface area contributed by atoms with Gasteiger partial charge in [0.25, 0.3) is 5.91 Å². The van der Waals surface area contributed by atoms with Crippen LogP contribution in [0.1, 0.15) is 19.4 Å². The van der Waals surface area contributed by atoms with Gasteiger partial charge in [-0.15, -0.1) is 0 Å². The third kappa shape index (κ3) is 3.96. The first-order chi connectivity index (χ1) is 8.45. The van der Waals surface area contributed by atoms with Crippen LogP contribution in [0, 0.1) is 0 Å². The fourth-order valence-electron chi connectivity index (χ4n) is 1.36. The highest BCUT2D eigenvalue weighted by Gasteiger charge is 2.16. The highest BCUT2D eigenvalue weighted by molar-refractivity contribution is 9.10. The molecule has 0 aromatic heterocycles. The van der Waals surface area contributed by atoms with Crippen LogP contribution in [0.5, 0.6) is 5.75 Å². The van der Waals surface area contributed by atoms with Gasteiger partial charge in [-0.05, 0) is 32.0 Å². The van der Waals surface area contributed by atoms with E-state index in [1.54, 1.807) is 19.1 Å². The van der Waals surface area contributed by atoms with Gasteiger partial charge in [-0.25, -0.2) is 0 Å². The monoisotopic (exact) mass is 330 g/mol. The van der Waals surface area contributed by atoms with E-state index in [4.69, 9.17) is 22.7 Å². The second-order valence-electron chi connectivity index (χ2n) is 3.66. The van der Waals surface area contributed by atoms with Gasteiger partial charge in [0.2, 0.25) is 0 Å². The number of benzene rings is 1. The van der Waals surface area contributed by atoms with Crippen molar-refractivity contribution in [2.45, 2.75) is 20.0 Å². The quantitative estimate of drug-likeness (QED) is 0.810. The van der Waals surface area contributed by atoms with Crippen LogP contribution in [-0.4, -0.2) is 23.5 Å². The molecule has 4 nitrogen and oxygen atoms in total. The SMILES string of the molecule is CCNC(=O)C(C)Oc1ccc(Br)cc1C(N)=S. The standard InChI is InChI=1S/C12H15BrN2O2S/c1-3-15-12(16)7(2)17-10-5-4-8(13)6-9(10)11(14)18/h4-7H,3H2,1-2H3,(H2,14,18)(H,15,16). The van der Waals surface area contributed by atoms with Crippen LogP contribution in [-0.2, 0) is 4.79 Å². The molecule has 0 spiro atoms. The summed E-state index contributed by atoms with van der Waals surface area (Å²) < 4.78 is 6.43. The number of ether oxygens (including phenoxy) is 1. The van der Waals surface area contributed by atoms with Gasteiger partial charge in [0.05, 0.1) is 5.56 Å². The van der Waals surface area contributed by atoms with E-state index >= 15 is 0 Å². The lowest BCUT2D eigenvalue weighted by atomic mass is 10.2. The molecule has 0 bridgehead atoms. The number of carbonyl (C=O) groups is 1. The zero-order valence-corrected chi connectivity index (χ0v) is 12.6. The zero-order chi connectivity index (χ0) is 13.7. The molecular formula is C12H15BrN2O2S. The van der Waals surface area contributed by atoms with Crippen LogP contribution < -0.4 is 15.8 Å². The zero-order valence-electron chi connectivity index (χ0n) is 10.2. The van der Waals surface area contributed by atoms with Crippen LogP contribution in [0.4, 0.5) is 0 Å². The van der Waals surface area contributed by atoms with Crippen molar-refractivity contribution in [2.24, 2.45) is 5.73 Å². The van der Waals surface area contributed by atoms with Crippen LogP contribution >= 0.6 is 28.1 Å².